The lowest BCUT2D eigenvalue weighted by molar-refractivity contribution is -0.132. The van der Waals surface area contributed by atoms with Crippen LogP contribution in [0.2, 0.25) is 0 Å². The summed E-state index contributed by atoms with van der Waals surface area (Å²) in [6.07, 6.45) is 3.36. The number of aryl methyl sites for hydroxylation is 1. The van der Waals surface area contributed by atoms with Crippen LogP contribution in [0.3, 0.4) is 0 Å². The maximum absolute atomic E-state index is 12.3. The Balaban J connectivity index is 2.10. The zero-order chi connectivity index (χ0) is 16.4. The number of nitrogens with one attached hydrogen (secondary N) is 1. The van der Waals surface area contributed by atoms with Crippen LogP contribution in [0.15, 0.2) is 4.79 Å². The largest absolute Gasteiger partial charge is 0.343 e. The molecule has 1 heterocycles. The molecule has 1 atom stereocenters. The van der Waals surface area contributed by atoms with Gasteiger partial charge in [-0.15, -0.1) is 0 Å². The predicted molar refractivity (Wildman–Crippen MR) is 84.5 cm³/mol. The summed E-state index contributed by atoms with van der Waals surface area (Å²) in [5, 5.41) is 9.08. The summed E-state index contributed by atoms with van der Waals surface area (Å²) in [5.74, 6) is 0.763. The van der Waals surface area contributed by atoms with Crippen LogP contribution < -0.4 is 5.56 Å². The zero-order valence-electron chi connectivity index (χ0n) is 13.7. The molecular formula is C17H23N3O2. The highest BCUT2D eigenvalue weighted by atomic mass is 16.2. The second-order valence-electron chi connectivity index (χ2n) is 6.25. The van der Waals surface area contributed by atoms with Crippen LogP contribution in [0.25, 0.3) is 0 Å². The first-order chi connectivity index (χ1) is 10.4. The van der Waals surface area contributed by atoms with Crippen molar-refractivity contribution in [2.24, 2.45) is 5.92 Å². The van der Waals surface area contributed by atoms with E-state index >= 15 is 0 Å². The number of amides is 1. The summed E-state index contributed by atoms with van der Waals surface area (Å²) >= 11 is 0. The van der Waals surface area contributed by atoms with Gasteiger partial charge < -0.3 is 9.88 Å². The van der Waals surface area contributed by atoms with Gasteiger partial charge in [-0.3, -0.25) is 9.59 Å². The van der Waals surface area contributed by atoms with Gasteiger partial charge in [0.05, 0.1) is 0 Å². The molecule has 5 nitrogen and oxygen atoms in total. The molecule has 1 aromatic rings. The van der Waals surface area contributed by atoms with Crippen molar-refractivity contribution in [1.29, 1.82) is 5.26 Å². The molecule has 1 fully saturated rings. The Morgan fingerprint density at radius 1 is 1.45 bits per heavy atom. The average molecular weight is 301 g/mol. The summed E-state index contributed by atoms with van der Waals surface area (Å²) in [4.78, 5) is 28.6. The highest BCUT2D eigenvalue weighted by molar-refractivity contribution is 5.76. The van der Waals surface area contributed by atoms with Crippen molar-refractivity contribution in [3.05, 3.63) is 32.7 Å². The van der Waals surface area contributed by atoms with E-state index in [1.54, 1.807) is 6.92 Å². The maximum Gasteiger partial charge on any atom is 0.266 e. The first-order valence-corrected chi connectivity index (χ1v) is 7.75. The molecule has 0 aliphatic heterocycles. The number of carbonyl (C=O) groups excluding carboxylic acids is 1. The Labute approximate surface area is 130 Å². The molecule has 0 bridgehead atoms. The third-order valence-electron chi connectivity index (χ3n) is 4.82. The molecule has 1 aliphatic carbocycles. The van der Waals surface area contributed by atoms with Crippen LogP contribution >= 0.6 is 0 Å². The van der Waals surface area contributed by atoms with Gasteiger partial charge in [-0.1, -0.05) is 0 Å². The molecule has 118 valence electrons. The standard InChI is InChI=1S/C17H23N3O2/c1-10-14(11(2)19-17(22)15(10)9-18)7-8-16(21)20(4)12(3)13-5-6-13/h12-13H,5-8H2,1-4H3,(H,19,22). The zero-order valence-corrected chi connectivity index (χ0v) is 13.7. The SMILES string of the molecule is Cc1[nH]c(=O)c(C#N)c(C)c1CCC(=O)N(C)C(C)C1CC1. The van der Waals surface area contributed by atoms with Gasteiger partial charge in [0, 0.05) is 25.2 Å². The van der Waals surface area contributed by atoms with E-state index in [9.17, 15) is 9.59 Å². The molecule has 1 aromatic heterocycles. The second kappa shape index (κ2) is 6.35. The summed E-state index contributed by atoms with van der Waals surface area (Å²) in [6.45, 7) is 5.68. The minimum atomic E-state index is -0.355. The highest BCUT2D eigenvalue weighted by Gasteiger charge is 2.32. The Kier molecular flexibility index (Phi) is 4.70. The molecule has 1 saturated carbocycles. The van der Waals surface area contributed by atoms with E-state index in [1.807, 2.05) is 24.9 Å². The molecule has 1 unspecified atom stereocenters. The van der Waals surface area contributed by atoms with E-state index in [1.165, 1.54) is 12.8 Å². The van der Waals surface area contributed by atoms with Gasteiger partial charge >= 0.3 is 0 Å². The molecule has 2 rings (SSSR count). The van der Waals surface area contributed by atoms with Crippen molar-refractivity contribution in [2.45, 2.75) is 52.5 Å². The number of nitrogens with zero attached hydrogens (tertiary/aromatic N) is 2. The van der Waals surface area contributed by atoms with E-state index in [0.29, 0.717) is 30.4 Å². The van der Waals surface area contributed by atoms with Crippen LogP contribution in [-0.2, 0) is 11.2 Å². The lowest BCUT2D eigenvalue weighted by atomic mass is 9.98. The van der Waals surface area contributed by atoms with E-state index < -0.39 is 0 Å². The van der Waals surface area contributed by atoms with Crippen molar-refractivity contribution in [3.8, 4) is 6.07 Å². The lowest BCUT2D eigenvalue weighted by Crippen LogP contribution is -2.36. The fraction of sp³-hybridized carbons (Fsp3) is 0.588. The number of nitriles is 1. The van der Waals surface area contributed by atoms with Gasteiger partial charge in [-0.2, -0.15) is 5.26 Å². The molecule has 5 heteroatoms. The van der Waals surface area contributed by atoms with E-state index in [4.69, 9.17) is 5.26 Å². The van der Waals surface area contributed by atoms with E-state index in [0.717, 1.165) is 11.3 Å². The van der Waals surface area contributed by atoms with Crippen LogP contribution in [-0.4, -0.2) is 28.9 Å². The molecule has 0 spiro atoms. The molecule has 1 amide bonds. The van der Waals surface area contributed by atoms with Crippen molar-refractivity contribution in [3.63, 3.8) is 0 Å². The molecule has 1 N–H and O–H groups in total. The second-order valence-corrected chi connectivity index (χ2v) is 6.25. The Morgan fingerprint density at radius 3 is 2.64 bits per heavy atom. The quantitative estimate of drug-likeness (QED) is 0.904. The molecule has 22 heavy (non-hydrogen) atoms. The van der Waals surface area contributed by atoms with Crippen LogP contribution in [0, 0.1) is 31.1 Å². The van der Waals surface area contributed by atoms with Crippen molar-refractivity contribution >= 4 is 5.91 Å². The third-order valence-corrected chi connectivity index (χ3v) is 4.82. The van der Waals surface area contributed by atoms with Gasteiger partial charge in [0.2, 0.25) is 5.91 Å². The summed E-state index contributed by atoms with van der Waals surface area (Å²) < 4.78 is 0. The number of H-pyrrole nitrogens is 1. The van der Waals surface area contributed by atoms with Gasteiger partial charge in [-0.05, 0) is 57.1 Å². The third kappa shape index (κ3) is 3.22. The van der Waals surface area contributed by atoms with Crippen molar-refractivity contribution in [1.82, 2.24) is 9.88 Å². The molecule has 1 aliphatic rings. The fourth-order valence-electron chi connectivity index (χ4n) is 2.95. The highest BCUT2D eigenvalue weighted by Crippen LogP contribution is 2.34. The average Bonchev–Trinajstić information content (AvgIpc) is 3.29. The normalized spacial score (nSPS) is 15.2. The Morgan fingerprint density at radius 2 is 2.09 bits per heavy atom. The monoisotopic (exact) mass is 301 g/mol. The smallest absolute Gasteiger partial charge is 0.266 e. The number of carbonyl (C=O) groups is 1. The van der Waals surface area contributed by atoms with Crippen molar-refractivity contribution < 1.29 is 4.79 Å². The van der Waals surface area contributed by atoms with Crippen LogP contribution in [0.5, 0.6) is 0 Å². The number of hydrogen-bond donors (Lipinski definition) is 1. The number of aromatic nitrogens is 1. The van der Waals surface area contributed by atoms with Gasteiger partial charge in [0.1, 0.15) is 11.6 Å². The number of rotatable bonds is 5. The summed E-state index contributed by atoms with van der Waals surface area (Å²) in [6, 6.07) is 2.24. The lowest BCUT2D eigenvalue weighted by Gasteiger charge is -2.25. The first kappa shape index (κ1) is 16.3. The summed E-state index contributed by atoms with van der Waals surface area (Å²) in [7, 11) is 1.86. The molecule has 0 radical (unpaired) electrons. The van der Waals surface area contributed by atoms with Gasteiger partial charge in [0.15, 0.2) is 0 Å². The Bertz CT molecular complexity index is 680. The Hall–Kier alpha value is -2.09. The van der Waals surface area contributed by atoms with Crippen LogP contribution in [0.1, 0.15) is 48.6 Å². The minimum Gasteiger partial charge on any atom is -0.343 e. The van der Waals surface area contributed by atoms with E-state index in [2.05, 4.69) is 11.9 Å². The molecule has 0 saturated heterocycles. The van der Waals surface area contributed by atoms with E-state index in [-0.39, 0.29) is 17.0 Å². The first-order valence-electron chi connectivity index (χ1n) is 7.75. The maximum atomic E-state index is 12.3. The molecule has 0 aromatic carbocycles. The topological polar surface area (TPSA) is 77.0 Å². The van der Waals surface area contributed by atoms with Crippen LogP contribution in [0.4, 0.5) is 0 Å². The fourth-order valence-corrected chi connectivity index (χ4v) is 2.95. The number of aromatic amines is 1. The number of pyridine rings is 1. The predicted octanol–water partition coefficient (Wildman–Crippen LogP) is 2.05. The number of hydrogen-bond acceptors (Lipinski definition) is 3. The van der Waals surface area contributed by atoms with Gasteiger partial charge in [0.25, 0.3) is 5.56 Å². The minimum absolute atomic E-state index is 0.114. The van der Waals surface area contributed by atoms with Crippen molar-refractivity contribution in [2.75, 3.05) is 7.05 Å². The van der Waals surface area contributed by atoms with Gasteiger partial charge in [-0.25, -0.2) is 0 Å². The summed E-state index contributed by atoms with van der Waals surface area (Å²) in [5.41, 5.74) is 2.12. The molecular weight excluding hydrogens is 278 g/mol.